The summed E-state index contributed by atoms with van der Waals surface area (Å²) in [4.78, 5) is 12.3. The monoisotopic (exact) mass is 348 g/mol. The van der Waals surface area contributed by atoms with Crippen molar-refractivity contribution >= 4 is 34.0 Å². The van der Waals surface area contributed by atoms with E-state index < -0.39 is 0 Å². The van der Waals surface area contributed by atoms with Crippen molar-refractivity contribution in [1.29, 1.82) is 0 Å². The molecule has 0 heterocycles. The Balaban J connectivity index is 1.61. The van der Waals surface area contributed by atoms with E-state index >= 15 is 0 Å². The zero-order valence-electron chi connectivity index (χ0n) is 14.0. The van der Waals surface area contributed by atoms with Crippen LogP contribution in [0.15, 0.2) is 72.8 Å². The van der Waals surface area contributed by atoms with E-state index in [1.54, 1.807) is 0 Å². The predicted molar refractivity (Wildman–Crippen MR) is 106 cm³/mol. The fourth-order valence-electron chi connectivity index (χ4n) is 2.85. The minimum Gasteiger partial charge on any atom is -0.356 e. The first-order valence-electron chi connectivity index (χ1n) is 8.25. The van der Waals surface area contributed by atoms with E-state index in [4.69, 9.17) is 12.2 Å². The molecule has 0 aliphatic rings. The molecular formula is C21H20N2OS. The fourth-order valence-corrected chi connectivity index (χ4v) is 3.14. The maximum atomic E-state index is 12.3. The van der Waals surface area contributed by atoms with E-state index in [0.717, 1.165) is 21.9 Å². The topological polar surface area (TPSA) is 41.1 Å². The number of nitrogens with one attached hydrogen (secondary N) is 2. The van der Waals surface area contributed by atoms with Gasteiger partial charge >= 0.3 is 0 Å². The lowest BCUT2D eigenvalue weighted by molar-refractivity contribution is -0.119. The lowest BCUT2D eigenvalue weighted by atomic mass is 10.0. The maximum absolute atomic E-state index is 12.3. The summed E-state index contributed by atoms with van der Waals surface area (Å²) in [5.41, 5.74) is 2.11. The van der Waals surface area contributed by atoms with Crippen LogP contribution in [0, 0.1) is 0 Å². The lowest BCUT2D eigenvalue weighted by Gasteiger charge is -2.17. The van der Waals surface area contributed by atoms with Crippen LogP contribution in [0.2, 0.25) is 0 Å². The van der Waals surface area contributed by atoms with Gasteiger partial charge in [-0.15, -0.1) is 0 Å². The molecule has 1 amide bonds. The first-order valence-corrected chi connectivity index (χ1v) is 8.66. The number of amides is 1. The number of fused-ring (bicyclic) bond motifs is 1. The SMILES string of the molecule is CC(NC(=S)NC(=O)Cc1cccc2ccccc12)c1ccccc1. The lowest BCUT2D eigenvalue weighted by Crippen LogP contribution is -2.41. The Morgan fingerprint density at radius 1 is 0.960 bits per heavy atom. The van der Waals surface area contributed by atoms with Crippen molar-refractivity contribution in [3.8, 4) is 0 Å². The molecule has 0 radical (unpaired) electrons. The van der Waals surface area contributed by atoms with Crippen molar-refractivity contribution in [3.63, 3.8) is 0 Å². The number of thiocarbonyl (C=S) groups is 1. The quantitative estimate of drug-likeness (QED) is 0.697. The van der Waals surface area contributed by atoms with Gasteiger partial charge in [0.2, 0.25) is 5.91 Å². The minimum absolute atomic E-state index is 0.0338. The third-order valence-corrected chi connectivity index (χ3v) is 4.35. The molecule has 0 spiro atoms. The van der Waals surface area contributed by atoms with Gasteiger partial charge in [0, 0.05) is 0 Å². The van der Waals surface area contributed by atoms with Gasteiger partial charge < -0.3 is 10.6 Å². The third-order valence-electron chi connectivity index (χ3n) is 4.13. The largest absolute Gasteiger partial charge is 0.356 e. The zero-order valence-corrected chi connectivity index (χ0v) is 14.8. The third kappa shape index (κ3) is 4.43. The van der Waals surface area contributed by atoms with E-state index in [2.05, 4.69) is 10.6 Å². The molecule has 0 aliphatic heterocycles. The van der Waals surface area contributed by atoms with Crippen LogP contribution in [0.25, 0.3) is 10.8 Å². The Morgan fingerprint density at radius 2 is 1.64 bits per heavy atom. The van der Waals surface area contributed by atoms with E-state index in [1.807, 2.05) is 79.7 Å². The second-order valence-electron chi connectivity index (χ2n) is 5.97. The molecule has 0 aromatic heterocycles. The van der Waals surface area contributed by atoms with Crippen molar-refractivity contribution < 1.29 is 4.79 Å². The summed E-state index contributed by atoms with van der Waals surface area (Å²) in [5, 5.41) is 8.50. The highest BCUT2D eigenvalue weighted by atomic mass is 32.1. The van der Waals surface area contributed by atoms with Crippen LogP contribution in [-0.2, 0) is 11.2 Å². The number of rotatable bonds is 4. The molecule has 4 heteroatoms. The molecule has 3 nitrogen and oxygen atoms in total. The van der Waals surface area contributed by atoms with Crippen molar-refractivity contribution in [3.05, 3.63) is 83.9 Å². The van der Waals surface area contributed by atoms with Crippen LogP contribution in [0.4, 0.5) is 0 Å². The summed E-state index contributed by atoms with van der Waals surface area (Å²) in [7, 11) is 0. The van der Waals surface area contributed by atoms with Crippen LogP contribution in [-0.4, -0.2) is 11.0 Å². The molecule has 126 valence electrons. The van der Waals surface area contributed by atoms with E-state index in [9.17, 15) is 4.79 Å². The highest BCUT2D eigenvalue weighted by Crippen LogP contribution is 2.18. The molecule has 1 unspecified atom stereocenters. The van der Waals surface area contributed by atoms with Gasteiger partial charge in [-0.05, 0) is 41.0 Å². The van der Waals surface area contributed by atoms with Gasteiger partial charge in [0.05, 0.1) is 12.5 Å². The van der Waals surface area contributed by atoms with E-state index in [-0.39, 0.29) is 11.9 Å². The minimum atomic E-state index is -0.117. The standard InChI is InChI=1S/C21H20N2OS/c1-15(16-8-3-2-4-9-16)22-21(25)23-20(24)14-18-12-7-11-17-10-5-6-13-19(17)18/h2-13,15H,14H2,1H3,(H2,22,23,24,25). The number of hydrogen-bond donors (Lipinski definition) is 2. The normalized spacial score (nSPS) is 11.7. The highest BCUT2D eigenvalue weighted by Gasteiger charge is 2.11. The Bertz CT molecular complexity index is 887. The zero-order chi connectivity index (χ0) is 17.6. The number of carbonyl (C=O) groups is 1. The average molecular weight is 348 g/mol. The molecule has 2 N–H and O–H groups in total. The Kier molecular flexibility index (Phi) is 5.41. The Hall–Kier alpha value is -2.72. The second-order valence-corrected chi connectivity index (χ2v) is 6.38. The first-order chi connectivity index (χ1) is 12.1. The summed E-state index contributed by atoms with van der Waals surface area (Å²) in [6.45, 7) is 2.01. The van der Waals surface area contributed by atoms with Gasteiger partial charge in [-0.25, -0.2) is 0 Å². The van der Waals surface area contributed by atoms with Gasteiger partial charge in [0.25, 0.3) is 0 Å². The van der Waals surface area contributed by atoms with Crippen molar-refractivity contribution in [1.82, 2.24) is 10.6 Å². The smallest absolute Gasteiger partial charge is 0.230 e. The summed E-state index contributed by atoms with van der Waals surface area (Å²) in [6.07, 6.45) is 0.295. The summed E-state index contributed by atoms with van der Waals surface area (Å²) in [5.74, 6) is -0.117. The first kappa shape index (κ1) is 17.1. The summed E-state index contributed by atoms with van der Waals surface area (Å²) in [6, 6.07) is 24.1. The molecular weight excluding hydrogens is 328 g/mol. The van der Waals surface area contributed by atoms with Gasteiger partial charge in [-0.3, -0.25) is 4.79 Å². The van der Waals surface area contributed by atoms with Crippen molar-refractivity contribution in [2.24, 2.45) is 0 Å². The van der Waals surface area contributed by atoms with Crippen LogP contribution in [0.3, 0.4) is 0 Å². The van der Waals surface area contributed by atoms with Crippen molar-refractivity contribution in [2.45, 2.75) is 19.4 Å². The second kappa shape index (κ2) is 7.90. The Morgan fingerprint density at radius 3 is 2.44 bits per heavy atom. The van der Waals surface area contributed by atoms with Crippen LogP contribution < -0.4 is 10.6 Å². The Labute approximate surface area is 153 Å². The molecule has 0 saturated heterocycles. The molecule has 3 aromatic rings. The van der Waals surface area contributed by atoms with Crippen molar-refractivity contribution in [2.75, 3.05) is 0 Å². The predicted octanol–water partition coefficient (Wildman–Crippen LogP) is 4.13. The average Bonchev–Trinajstić information content (AvgIpc) is 2.62. The molecule has 0 aliphatic carbocycles. The summed E-state index contributed by atoms with van der Waals surface area (Å²) >= 11 is 5.28. The highest BCUT2D eigenvalue weighted by molar-refractivity contribution is 7.80. The maximum Gasteiger partial charge on any atom is 0.230 e. The van der Waals surface area contributed by atoms with Gasteiger partial charge in [0.1, 0.15) is 0 Å². The molecule has 3 rings (SSSR count). The van der Waals surface area contributed by atoms with Gasteiger partial charge in [0.15, 0.2) is 5.11 Å². The number of carbonyl (C=O) groups excluding carboxylic acids is 1. The number of benzene rings is 3. The summed E-state index contributed by atoms with van der Waals surface area (Å²) < 4.78 is 0. The molecule has 0 fully saturated rings. The van der Waals surface area contributed by atoms with E-state index in [0.29, 0.717) is 11.5 Å². The van der Waals surface area contributed by atoms with Gasteiger partial charge in [-0.1, -0.05) is 72.8 Å². The fraction of sp³-hybridized carbons (Fsp3) is 0.143. The van der Waals surface area contributed by atoms with E-state index in [1.165, 1.54) is 0 Å². The molecule has 3 aromatic carbocycles. The molecule has 1 atom stereocenters. The molecule has 25 heavy (non-hydrogen) atoms. The molecule has 0 bridgehead atoms. The van der Waals surface area contributed by atoms with Crippen LogP contribution >= 0.6 is 12.2 Å². The number of hydrogen-bond acceptors (Lipinski definition) is 2. The van der Waals surface area contributed by atoms with Gasteiger partial charge in [-0.2, -0.15) is 0 Å². The van der Waals surface area contributed by atoms with Crippen LogP contribution in [0.1, 0.15) is 24.1 Å². The molecule has 0 saturated carbocycles. The van der Waals surface area contributed by atoms with Crippen LogP contribution in [0.5, 0.6) is 0 Å².